The molecule has 2 rings (SSSR count). The van der Waals surface area contributed by atoms with Crippen molar-refractivity contribution in [2.75, 3.05) is 39.4 Å². The second-order valence-electron chi connectivity index (χ2n) is 4.52. The number of sulfonamides is 1. The van der Waals surface area contributed by atoms with Gasteiger partial charge in [-0.15, -0.1) is 16.2 Å². The molecule has 2 N–H and O–H groups in total. The third-order valence-electron chi connectivity index (χ3n) is 2.96. The Labute approximate surface area is 124 Å². The molecule has 0 aromatic carbocycles. The van der Waals surface area contributed by atoms with Gasteiger partial charge in [-0.1, -0.05) is 6.92 Å². The fraction of sp³-hybridized carbons (Fsp3) is 0.667. The van der Waals surface area contributed by atoms with Crippen molar-refractivity contribution in [3.8, 4) is 0 Å². The summed E-state index contributed by atoms with van der Waals surface area (Å²) in [5, 5.41) is 4.92. The summed E-state index contributed by atoms with van der Waals surface area (Å²) in [5.74, 6) is 0. The number of likely N-dealkylation sites (N-methyl/N-ethyl adjacent to an activating group) is 1. The van der Waals surface area contributed by atoms with Crippen molar-refractivity contribution in [1.82, 2.24) is 15.2 Å². The Morgan fingerprint density at radius 2 is 2.10 bits per heavy atom. The third-order valence-corrected chi connectivity index (χ3v) is 5.97. The van der Waals surface area contributed by atoms with Gasteiger partial charge in [0.15, 0.2) is 0 Å². The molecule has 1 aromatic rings. The zero-order valence-electron chi connectivity index (χ0n) is 11.6. The van der Waals surface area contributed by atoms with Crippen LogP contribution in [0, 0.1) is 0 Å². The fourth-order valence-corrected chi connectivity index (χ4v) is 4.36. The van der Waals surface area contributed by atoms with Crippen LogP contribution in [0.3, 0.4) is 0 Å². The molecule has 2 heterocycles. The van der Waals surface area contributed by atoms with E-state index in [0.29, 0.717) is 30.5 Å². The Kier molecular flexibility index (Phi) is 5.94. The van der Waals surface area contributed by atoms with Gasteiger partial charge in [-0.2, -0.15) is 0 Å². The first-order valence-electron chi connectivity index (χ1n) is 6.76. The molecule has 0 bridgehead atoms. The highest BCUT2D eigenvalue weighted by molar-refractivity contribution is 7.91. The van der Waals surface area contributed by atoms with Crippen LogP contribution in [0.4, 0.5) is 0 Å². The second kappa shape index (κ2) is 7.48. The first-order valence-corrected chi connectivity index (χ1v) is 9.06. The molecular weight excluding hydrogens is 298 g/mol. The van der Waals surface area contributed by atoms with Crippen molar-refractivity contribution in [2.24, 2.45) is 0 Å². The van der Waals surface area contributed by atoms with E-state index in [2.05, 4.69) is 17.1 Å². The lowest BCUT2D eigenvalue weighted by Gasteiger charge is -2.26. The van der Waals surface area contributed by atoms with Crippen LogP contribution in [0.1, 0.15) is 11.8 Å². The zero-order chi connectivity index (χ0) is 14.4. The zero-order valence-corrected chi connectivity index (χ0v) is 13.2. The molecule has 6 nitrogen and oxygen atoms in total. The first-order chi connectivity index (χ1) is 9.62. The molecule has 114 valence electrons. The summed E-state index contributed by atoms with van der Waals surface area (Å²) in [6.07, 6.45) is 0.853. The molecule has 20 heavy (non-hydrogen) atoms. The third kappa shape index (κ3) is 4.51. The summed E-state index contributed by atoms with van der Waals surface area (Å²) in [7, 11) is -3.45. The molecule has 0 radical (unpaired) electrons. The average molecular weight is 319 g/mol. The van der Waals surface area contributed by atoms with Crippen molar-refractivity contribution in [1.29, 1.82) is 0 Å². The molecule has 0 atom stereocenters. The predicted molar refractivity (Wildman–Crippen MR) is 79.3 cm³/mol. The van der Waals surface area contributed by atoms with Gasteiger partial charge in [0.2, 0.25) is 0 Å². The van der Waals surface area contributed by atoms with Crippen LogP contribution in [0.25, 0.3) is 0 Å². The monoisotopic (exact) mass is 319 g/mol. The van der Waals surface area contributed by atoms with E-state index in [1.54, 1.807) is 11.1 Å². The van der Waals surface area contributed by atoms with Crippen molar-refractivity contribution in [3.05, 3.63) is 17.0 Å². The normalized spacial score (nSPS) is 17.4. The van der Waals surface area contributed by atoms with E-state index >= 15 is 0 Å². The van der Waals surface area contributed by atoms with Crippen LogP contribution < -0.4 is 10.1 Å². The summed E-state index contributed by atoms with van der Waals surface area (Å²) < 4.78 is 30.1. The molecule has 0 spiro atoms. The predicted octanol–water partition coefficient (Wildman–Crippen LogP) is 0.426. The lowest BCUT2D eigenvalue weighted by molar-refractivity contribution is 0.0272. The Hall–Kier alpha value is -0.510. The number of ether oxygens (including phenoxy) is 1. The van der Waals surface area contributed by atoms with E-state index in [0.717, 1.165) is 24.4 Å². The van der Waals surface area contributed by atoms with E-state index in [-0.39, 0.29) is 0 Å². The van der Waals surface area contributed by atoms with E-state index in [1.165, 1.54) is 11.3 Å². The van der Waals surface area contributed by atoms with Crippen molar-refractivity contribution < 1.29 is 13.2 Å². The number of morpholine rings is 1. The Balaban J connectivity index is 1.94. The largest absolute Gasteiger partial charge is 0.379 e. The maximum Gasteiger partial charge on any atom is 0.262 e. The Morgan fingerprint density at radius 1 is 1.35 bits per heavy atom. The highest BCUT2D eigenvalue weighted by Crippen LogP contribution is 2.22. The highest BCUT2D eigenvalue weighted by Gasteiger charge is 2.21. The number of thiophene rings is 1. The summed E-state index contributed by atoms with van der Waals surface area (Å²) in [6, 6.07) is 3.56. The van der Waals surface area contributed by atoms with Crippen molar-refractivity contribution >= 4 is 21.4 Å². The van der Waals surface area contributed by atoms with Crippen LogP contribution in [-0.2, 0) is 21.2 Å². The number of hydrogen-bond acceptors (Lipinski definition) is 6. The van der Waals surface area contributed by atoms with Gasteiger partial charge in [0.1, 0.15) is 4.21 Å². The van der Waals surface area contributed by atoms with Gasteiger partial charge in [0.05, 0.1) is 13.2 Å². The Morgan fingerprint density at radius 3 is 2.80 bits per heavy atom. The highest BCUT2D eigenvalue weighted by atomic mass is 32.2. The minimum absolute atomic E-state index is 0.371. The summed E-state index contributed by atoms with van der Waals surface area (Å²) in [4.78, 5) is 3.69. The van der Waals surface area contributed by atoms with Crippen molar-refractivity contribution in [3.63, 3.8) is 0 Å². The molecule has 1 fully saturated rings. The lowest BCUT2D eigenvalue weighted by atomic mass is 10.3. The summed E-state index contributed by atoms with van der Waals surface area (Å²) in [5.41, 5.74) is 0. The van der Waals surface area contributed by atoms with E-state index in [9.17, 15) is 8.42 Å². The molecule has 0 aliphatic carbocycles. The van der Waals surface area contributed by atoms with Crippen LogP contribution in [0.5, 0.6) is 0 Å². The smallest absolute Gasteiger partial charge is 0.262 e. The second-order valence-corrected chi connectivity index (χ2v) is 7.57. The molecule has 0 unspecified atom stereocenters. The standard InChI is InChI=1S/C12H21N3O3S2/c1-2-13-6-5-11-3-4-12(19-11)20(16,17)14-15-7-9-18-10-8-15/h3-4,13-14H,2,5-10H2,1H3. The van der Waals surface area contributed by atoms with Crippen LogP contribution in [0.15, 0.2) is 16.3 Å². The van der Waals surface area contributed by atoms with Crippen molar-refractivity contribution in [2.45, 2.75) is 17.6 Å². The molecule has 1 aliphatic rings. The van der Waals surface area contributed by atoms with Crippen LogP contribution in [-0.4, -0.2) is 52.8 Å². The van der Waals surface area contributed by atoms with Gasteiger partial charge < -0.3 is 10.1 Å². The van der Waals surface area contributed by atoms with Gasteiger partial charge in [-0.25, -0.2) is 13.4 Å². The molecule has 1 aliphatic heterocycles. The summed E-state index contributed by atoms with van der Waals surface area (Å²) >= 11 is 1.33. The number of nitrogens with zero attached hydrogens (tertiary/aromatic N) is 1. The maximum absolute atomic E-state index is 12.2. The van der Waals surface area contributed by atoms with Gasteiger partial charge in [-0.05, 0) is 31.6 Å². The number of rotatable bonds is 7. The minimum atomic E-state index is -3.45. The molecule has 8 heteroatoms. The van der Waals surface area contributed by atoms with Gasteiger partial charge in [-0.3, -0.25) is 0 Å². The van der Waals surface area contributed by atoms with E-state index in [1.807, 2.05) is 6.07 Å². The molecular formula is C12H21N3O3S2. The van der Waals surface area contributed by atoms with E-state index < -0.39 is 10.0 Å². The van der Waals surface area contributed by atoms with Gasteiger partial charge in [0, 0.05) is 18.0 Å². The maximum atomic E-state index is 12.2. The minimum Gasteiger partial charge on any atom is -0.379 e. The number of nitrogens with one attached hydrogen (secondary N) is 2. The SMILES string of the molecule is CCNCCc1ccc(S(=O)(=O)NN2CCOCC2)s1. The molecule has 0 saturated carbocycles. The number of hydrogen-bond donors (Lipinski definition) is 2. The van der Waals surface area contributed by atoms with Crippen LogP contribution >= 0.6 is 11.3 Å². The van der Waals surface area contributed by atoms with Gasteiger partial charge >= 0.3 is 0 Å². The molecule has 1 aromatic heterocycles. The Bertz CT molecular complexity index is 510. The van der Waals surface area contributed by atoms with Crippen LogP contribution in [0.2, 0.25) is 0 Å². The lowest BCUT2D eigenvalue weighted by Crippen LogP contribution is -2.48. The number of hydrazine groups is 1. The topological polar surface area (TPSA) is 70.7 Å². The molecule has 1 saturated heterocycles. The first kappa shape index (κ1) is 15.9. The fourth-order valence-electron chi connectivity index (χ4n) is 1.89. The summed E-state index contributed by atoms with van der Waals surface area (Å²) in [6.45, 7) is 6.12. The average Bonchev–Trinajstić information content (AvgIpc) is 2.89. The van der Waals surface area contributed by atoms with Gasteiger partial charge in [0.25, 0.3) is 10.0 Å². The van der Waals surface area contributed by atoms with E-state index in [4.69, 9.17) is 4.74 Å². The molecule has 0 amide bonds. The quantitative estimate of drug-likeness (QED) is 0.713.